The Balaban J connectivity index is 2.05. The van der Waals surface area contributed by atoms with Gasteiger partial charge in [0.05, 0.1) is 18.9 Å². The molecule has 0 atom stereocenters. The van der Waals surface area contributed by atoms with E-state index in [0.29, 0.717) is 24.7 Å². The number of hydrogen-bond donors (Lipinski definition) is 3. The minimum absolute atomic E-state index is 0.0347. The second-order valence-electron chi connectivity index (χ2n) is 3.96. The fraction of sp³-hybridized carbons (Fsp3) is 0.333. The minimum atomic E-state index is 0.0347. The zero-order chi connectivity index (χ0) is 14.2. The molecule has 2 aromatic rings. The van der Waals surface area contributed by atoms with Gasteiger partial charge in [-0.1, -0.05) is 0 Å². The molecule has 1 aromatic heterocycles. The number of rotatable bonds is 7. The van der Waals surface area contributed by atoms with E-state index in [0.717, 1.165) is 5.69 Å². The lowest BCUT2D eigenvalue weighted by atomic mass is 10.2. The molecule has 1 heterocycles. The monoisotopic (exact) mass is 276 g/mol. The zero-order valence-electron chi connectivity index (χ0n) is 10.8. The lowest BCUT2D eigenvalue weighted by Crippen LogP contribution is -2.29. The van der Waals surface area contributed by atoms with E-state index < -0.39 is 0 Å². The van der Waals surface area contributed by atoms with Crippen LogP contribution in [0.15, 0.2) is 40.8 Å². The Morgan fingerprint density at radius 2 is 1.75 bits per heavy atom. The van der Waals surface area contributed by atoms with Crippen LogP contribution in [0.3, 0.4) is 0 Å². The van der Waals surface area contributed by atoms with Crippen LogP contribution in [0.4, 0.5) is 17.3 Å². The van der Waals surface area contributed by atoms with Crippen molar-refractivity contribution in [1.29, 1.82) is 0 Å². The molecule has 0 bridgehead atoms. The molecule has 0 fully saturated rings. The fourth-order valence-electron chi connectivity index (χ4n) is 1.69. The average molecular weight is 276 g/mol. The van der Waals surface area contributed by atoms with E-state index in [1.54, 1.807) is 12.1 Å². The highest BCUT2D eigenvalue weighted by molar-refractivity contribution is 5.52. The van der Waals surface area contributed by atoms with Gasteiger partial charge in [0.25, 0.3) is 5.95 Å². The zero-order valence-corrected chi connectivity index (χ0v) is 10.8. The van der Waals surface area contributed by atoms with Crippen molar-refractivity contribution in [2.75, 3.05) is 31.2 Å². The van der Waals surface area contributed by atoms with Gasteiger partial charge < -0.3 is 15.1 Å². The van der Waals surface area contributed by atoms with Crippen LogP contribution in [0.5, 0.6) is 0 Å². The van der Waals surface area contributed by atoms with Crippen LogP contribution in [-0.4, -0.2) is 51.7 Å². The van der Waals surface area contributed by atoms with Crippen LogP contribution in [0.2, 0.25) is 0 Å². The molecule has 0 aliphatic carbocycles. The Hall–Kier alpha value is -2.32. The van der Waals surface area contributed by atoms with Crippen molar-refractivity contribution < 1.29 is 10.2 Å². The molecule has 20 heavy (non-hydrogen) atoms. The molecule has 0 saturated heterocycles. The molecular weight excluding hydrogens is 260 g/mol. The molecule has 106 valence electrons. The third-order valence-electron chi connectivity index (χ3n) is 2.62. The fourth-order valence-corrected chi connectivity index (χ4v) is 1.69. The maximum absolute atomic E-state index is 9.00. The van der Waals surface area contributed by atoms with Gasteiger partial charge in [0.2, 0.25) is 0 Å². The number of aromatic amines is 1. The topological polar surface area (TPSA) is 110 Å². The Bertz CT molecular complexity index is 519. The van der Waals surface area contributed by atoms with Crippen molar-refractivity contribution in [3.05, 3.63) is 30.6 Å². The first-order valence-electron chi connectivity index (χ1n) is 6.17. The standard InChI is InChI=1S/C12H16N6O2/c19-7-5-18(6-8-20)11-3-1-10(2-4-11)15-17-12-13-9-14-16-12/h1-4,9,19-20H,5-8H2,(H,13,14,16). The first-order valence-corrected chi connectivity index (χ1v) is 6.17. The Morgan fingerprint density at radius 3 is 2.30 bits per heavy atom. The normalized spacial score (nSPS) is 11.1. The largest absolute Gasteiger partial charge is 0.395 e. The summed E-state index contributed by atoms with van der Waals surface area (Å²) < 4.78 is 0. The van der Waals surface area contributed by atoms with Gasteiger partial charge in [-0.15, -0.1) is 10.2 Å². The number of aliphatic hydroxyl groups is 2. The predicted molar refractivity (Wildman–Crippen MR) is 73.4 cm³/mol. The highest BCUT2D eigenvalue weighted by atomic mass is 16.3. The van der Waals surface area contributed by atoms with Crippen molar-refractivity contribution in [3.8, 4) is 0 Å². The number of benzene rings is 1. The molecule has 0 aliphatic rings. The molecule has 8 nitrogen and oxygen atoms in total. The van der Waals surface area contributed by atoms with Gasteiger partial charge in [-0.25, -0.2) is 5.10 Å². The Morgan fingerprint density at radius 1 is 1.05 bits per heavy atom. The number of H-pyrrole nitrogens is 1. The Labute approximate surface area is 115 Å². The lowest BCUT2D eigenvalue weighted by molar-refractivity contribution is 0.281. The number of aromatic nitrogens is 3. The summed E-state index contributed by atoms with van der Waals surface area (Å²) in [5.41, 5.74) is 1.59. The number of anilines is 1. The van der Waals surface area contributed by atoms with Gasteiger partial charge >= 0.3 is 0 Å². The van der Waals surface area contributed by atoms with E-state index in [-0.39, 0.29) is 13.2 Å². The smallest absolute Gasteiger partial charge is 0.264 e. The average Bonchev–Trinajstić information content (AvgIpc) is 2.99. The van der Waals surface area contributed by atoms with Crippen LogP contribution in [-0.2, 0) is 0 Å². The van der Waals surface area contributed by atoms with E-state index in [2.05, 4.69) is 25.4 Å². The highest BCUT2D eigenvalue weighted by Gasteiger charge is 2.04. The first-order chi connectivity index (χ1) is 9.83. The molecule has 0 amide bonds. The summed E-state index contributed by atoms with van der Waals surface area (Å²) in [6.07, 6.45) is 1.36. The number of nitrogens with one attached hydrogen (secondary N) is 1. The predicted octanol–water partition coefficient (Wildman–Crippen LogP) is 1.01. The first kappa shape index (κ1) is 14.1. The van der Waals surface area contributed by atoms with Crippen molar-refractivity contribution in [2.45, 2.75) is 0 Å². The van der Waals surface area contributed by atoms with E-state index in [1.807, 2.05) is 17.0 Å². The van der Waals surface area contributed by atoms with E-state index in [1.165, 1.54) is 6.33 Å². The number of aliphatic hydroxyl groups excluding tert-OH is 2. The summed E-state index contributed by atoms with van der Waals surface area (Å²) in [7, 11) is 0. The van der Waals surface area contributed by atoms with Crippen molar-refractivity contribution in [2.24, 2.45) is 10.2 Å². The molecule has 0 unspecified atom stereocenters. The SMILES string of the molecule is OCCN(CCO)c1ccc(N=Nc2ncn[nH]2)cc1. The summed E-state index contributed by atoms with van der Waals surface area (Å²) >= 11 is 0. The molecule has 0 aliphatic heterocycles. The minimum Gasteiger partial charge on any atom is -0.395 e. The number of hydrogen-bond acceptors (Lipinski definition) is 7. The summed E-state index contributed by atoms with van der Waals surface area (Å²) in [6.45, 7) is 1.01. The van der Waals surface area contributed by atoms with Crippen LogP contribution in [0, 0.1) is 0 Å². The van der Waals surface area contributed by atoms with E-state index in [4.69, 9.17) is 10.2 Å². The molecule has 1 aromatic carbocycles. The quantitative estimate of drug-likeness (QED) is 0.654. The highest BCUT2D eigenvalue weighted by Crippen LogP contribution is 2.20. The number of nitrogens with zero attached hydrogens (tertiary/aromatic N) is 5. The summed E-state index contributed by atoms with van der Waals surface area (Å²) in [6, 6.07) is 7.33. The maximum atomic E-state index is 9.00. The third kappa shape index (κ3) is 3.84. The summed E-state index contributed by atoms with van der Waals surface area (Å²) in [5, 5.41) is 32.1. The van der Waals surface area contributed by atoms with E-state index in [9.17, 15) is 0 Å². The molecule has 0 radical (unpaired) electrons. The summed E-state index contributed by atoms with van der Waals surface area (Å²) in [4.78, 5) is 5.72. The van der Waals surface area contributed by atoms with Gasteiger partial charge in [0.15, 0.2) is 0 Å². The van der Waals surface area contributed by atoms with Crippen LogP contribution in [0.1, 0.15) is 0 Å². The molecule has 0 saturated carbocycles. The molecule has 8 heteroatoms. The van der Waals surface area contributed by atoms with Gasteiger partial charge in [0.1, 0.15) is 6.33 Å². The van der Waals surface area contributed by atoms with Crippen molar-refractivity contribution in [3.63, 3.8) is 0 Å². The second kappa shape index (κ2) is 7.31. The molecular formula is C12H16N6O2. The van der Waals surface area contributed by atoms with Crippen LogP contribution in [0.25, 0.3) is 0 Å². The van der Waals surface area contributed by atoms with Gasteiger partial charge in [-0.3, -0.25) is 0 Å². The lowest BCUT2D eigenvalue weighted by Gasteiger charge is -2.22. The molecule has 0 spiro atoms. The van der Waals surface area contributed by atoms with Crippen LogP contribution < -0.4 is 4.90 Å². The van der Waals surface area contributed by atoms with Gasteiger partial charge in [-0.05, 0) is 24.3 Å². The third-order valence-corrected chi connectivity index (χ3v) is 2.62. The van der Waals surface area contributed by atoms with Gasteiger partial charge in [0, 0.05) is 18.8 Å². The molecule has 3 N–H and O–H groups in total. The second-order valence-corrected chi connectivity index (χ2v) is 3.96. The van der Waals surface area contributed by atoms with E-state index >= 15 is 0 Å². The number of azo groups is 1. The maximum Gasteiger partial charge on any atom is 0.264 e. The van der Waals surface area contributed by atoms with Gasteiger partial charge in [-0.2, -0.15) is 10.1 Å². The van der Waals surface area contributed by atoms with Crippen LogP contribution >= 0.6 is 0 Å². The summed E-state index contributed by atoms with van der Waals surface area (Å²) in [5.74, 6) is 0.344. The van der Waals surface area contributed by atoms with Crippen molar-refractivity contribution in [1.82, 2.24) is 15.2 Å². The Kier molecular flexibility index (Phi) is 5.15. The molecule has 2 rings (SSSR count). The van der Waals surface area contributed by atoms with Crippen molar-refractivity contribution >= 4 is 17.3 Å².